The van der Waals surface area contributed by atoms with Gasteiger partial charge >= 0.3 is 48.9 Å². The Kier molecular flexibility index (Phi) is 149. The topological polar surface area (TPSA) is 63.0 Å². The third-order valence-electron chi connectivity index (χ3n) is 0. The van der Waals surface area contributed by atoms with Crippen LogP contribution in [0.4, 0.5) is 0 Å². The largest absolute Gasteiger partial charge is 2.00 e. The van der Waals surface area contributed by atoms with Gasteiger partial charge in [-0.2, -0.15) is 0 Å². The third kappa shape index (κ3) is 8.83. The van der Waals surface area contributed by atoms with E-state index in [4.69, 9.17) is 0 Å². The van der Waals surface area contributed by atoms with Crippen molar-refractivity contribution in [1.82, 2.24) is 0 Å². The minimum atomic E-state index is 0. The average molecular weight is 267 g/mol. The summed E-state index contributed by atoms with van der Waals surface area (Å²) in [7, 11) is 0. The van der Waals surface area contributed by atoms with Crippen LogP contribution in [-0.2, 0) is 26.2 Å². The van der Waals surface area contributed by atoms with Gasteiger partial charge in [0.15, 0.2) is 0 Å². The Morgan fingerprint density at radius 1 is 1.00 bits per heavy atom. The van der Waals surface area contributed by atoms with Gasteiger partial charge < -0.3 is 13.8 Å². The molecule has 0 aliphatic carbocycles. The van der Waals surface area contributed by atoms with Crippen molar-refractivity contribution in [2.75, 3.05) is 0 Å². The SMILES string of the molecule is O.O.[Ba+2].[H-].[H-].[Zr]. The van der Waals surface area contributed by atoms with Gasteiger partial charge in [-0.05, 0) is 0 Å². The molecule has 0 spiro atoms. The normalized spacial score (nSPS) is 0. The van der Waals surface area contributed by atoms with Gasteiger partial charge in [0.1, 0.15) is 0 Å². The summed E-state index contributed by atoms with van der Waals surface area (Å²) in [4.78, 5) is 0. The standard InChI is InChI=1S/Ba.2H2O.Zr.2H/h;2*1H2;;;/q+2;;;;2*-1. The van der Waals surface area contributed by atoms with Crippen molar-refractivity contribution < 1.29 is 40.0 Å². The van der Waals surface area contributed by atoms with Crippen molar-refractivity contribution in [3.05, 3.63) is 0 Å². The van der Waals surface area contributed by atoms with Crippen molar-refractivity contribution in [2.24, 2.45) is 0 Å². The first kappa shape index (κ1) is 32.7. The second-order valence-corrected chi connectivity index (χ2v) is 0. The van der Waals surface area contributed by atoms with Crippen LogP contribution >= 0.6 is 0 Å². The first-order valence-corrected chi connectivity index (χ1v) is 0. The van der Waals surface area contributed by atoms with E-state index < -0.39 is 0 Å². The fourth-order valence-electron chi connectivity index (χ4n) is 0. The molecule has 0 rings (SSSR count). The van der Waals surface area contributed by atoms with Crippen molar-refractivity contribution in [1.29, 1.82) is 0 Å². The Bertz CT molecular complexity index is 11.5. The first-order valence-electron chi connectivity index (χ1n) is 0. The molecule has 0 saturated heterocycles. The number of rotatable bonds is 0. The molecule has 4 heavy (non-hydrogen) atoms. The van der Waals surface area contributed by atoms with Crippen LogP contribution in [-0.4, -0.2) is 59.8 Å². The summed E-state index contributed by atoms with van der Waals surface area (Å²) in [6.07, 6.45) is 0. The molecular weight excluding hydrogens is 261 g/mol. The molecule has 0 aliphatic rings. The maximum absolute atomic E-state index is 0. The van der Waals surface area contributed by atoms with E-state index in [-0.39, 0.29) is 88.9 Å². The van der Waals surface area contributed by atoms with Gasteiger partial charge in [0, 0.05) is 26.2 Å². The second-order valence-electron chi connectivity index (χ2n) is 0. The molecule has 0 aromatic rings. The summed E-state index contributed by atoms with van der Waals surface area (Å²) < 4.78 is 0. The molecule has 0 aliphatic heterocycles. The van der Waals surface area contributed by atoms with Gasteiger partial charge in [0.25, 0.3) is 0 Å². The van der Waals surface area contributed by atoms with Crippen LogP contribution < -0.4 is 0 Å². The van der Waals surface area contributed by atoms with Crippen LogP contribution in [0.5, 0.6) is 0 Å². The Hall–Kier alpha value is 2.37. The van der Waals surface area contributed by atoms with E-state index in [0.29, 0.717) is 0 Å². The Labute approximate surface area is 87.1 Å². The molecule has 0 heterocycles. The van der Waals surface area contributed by atoms with Crippen LogP contribution in [0.1, 0.15) is 2.85 Å². The smallest absolute Gasteiger partial charge is 1.00 e. The van der Waals surface area contributed by atoms with E-state index in [2.05, 4.69) is 0 Å². The summed E-state index contributed by atoms with van der Waals surface area (Å²) in [6.45, 7) is 0. The predicted octanol–water partition coefficient (Wildman–Crippen LogP) is -1.81. The summed E-state index contributed by atoms with van der Waals surface area (Å²) in [5.74, 6) is 0. The zero-order valence-corrected chi connectivity index (χ0v) is 9.11. The van der Waals surface area contributed by atoms with Gasteiger partial charge in [0.05, 0.1) is 0 Å². The molecule has 24 valence electrons. The van der Waals surface area contributed by atoms with Crippen LogP contribution in [0.25, 0.3) is 0 Å². The minimum Gasteiger partial charge on any atom is -1.00 e. The second kappa shape index (κ2) is 18.2. The van der Waals surface area contributed by atoms with Gasteiger partial charge in [-0.25, -0.2) is 0 Å². The molecule has 2 nitrogen and oxygen atoms in total. The molecular formula is H6BaO2Zr. The molecule has 4 heteroatoms. The Morgan fingerprint density at radius 2 is 1.00 bits per heavy atom. The van der Waals surface area contributed by atoms with Crippen molar-refractivity contribution in [3.8, 4) is 0 Å². The van der Waals surface area contributed by atoms with Gasteiger partial charge in [-0.1, -0.05) is 0 Å². The third-order valence-corrected chi connectivity index (χ3v) is 0. The van der Waals surface area contributed by atoms with E-state index >= 15 is 0 Å². The summed E-state index contributed by atoms with van der Waals surface area (Å²) in [6, 6.07) is 0. The molecule has 0 radical (unpaired) electrons. The quantitative estimate of drug-likeness (QED) is 0.464. The van der Waals surface area contributed by atoms with Crippen LogP contribution in [0, 0.1) is 0 Å². The monoisotopic (exact) mass is 266 g/mol. The Balaban J connectivity index is 0. The summed E-state index contributed by atoms with van der Waals surface area (Å²) in [5.41, 5.74) is 0. The van der Waals surface area contributed by atoms with Crippen molar-refractivity contribution in [2.45, 2.75) is 0 Å². The fourth-order valence-corrected chi connectivity index (χ4v) is 0. The van der Waals surface area contributed by atoms with Crippen LogP contribution in [0.3, 0.4) is 0 Å². The van der Waals surface area contributed by atoms with E-state index in [1.54, 1.807) is 0 Å². The van der Waals surface area contributed by atoms with Gasteiger partial charge in [0.2, 0.25) is 0 Å². The molecule has 0 aromatic heterocycles. The fraction of sp³-hybridized carbons (Fsp3) is 0. The first-order chi connectivity index (χ1) is 0. The average Bonchev–Trinajstić information content (AvgIpc) is 0. The van der Waals surface area contributed by atoms with Crippen LogP contribution in [0.15, 0.2) is 0 Å². The van der Waals surface area contributed by atoms with Gasteiger partial charge in [-0.3, -0.25) is 0 Å². The number of hydrogen-bond acceptors (Lipinski definition) is 0. The molecule has 0 atom stereocenters. The zero-order valence-electron chi connectivity index (χ0n) is 4.21. The summed E-state index contributed by atoms with van der Waals surface area (Å²) >= 11 is 0. The summed E-state index contributed by atoms with van der Waals surface area (Å²) in [5, 5.41) is 0. The van der Waals surface area contributed by atoms with Crippen molar-refractivity contribution in [3.63, 3.8) is 0 Å². The zero-order chi connectivity index (χ0) is 0. The molecule has 0 fully saturated rings. The van der Waals surface area contributed by atoms with E-state index in [1.165, 1.54) is 0 Å². The molecule has 0 aromatic carbocycles. The molecule has 0 unspecified atom stereocenters. The van der Waals surface area contributed by atoms with E-state index in [0.717, 1.165) is 0 Å². The predicted molar refractivity (Wildman–Crippen MR) is 15.2 cm³/mol. The Morgan fingerprint density at radius 3 is 1.00 bits per heavy atom. The number of hydrogen-bond donors (Lipinski definition) is 0. The molecule has 4 N–H and O–H groups in total. The molecule has 0 bridgehead atoms. The minimum absolute atomic E-state index is 0. The maximum Gasteiger partial charge on any atom is 2.00 e. The van der Waals surface area contributed by atoms with Crippen molar-refractivity contribution >= 4 is 48.9 Å². The molecule has 0 amide bonds. The molecule has 0 saturated carbocycles. The van der Waals surface area contributed by atoms with E-state index in [9.17, 15) is 0 Å². The van der Waals surface area contributed by atoms with Gasteiger partial charge in [-0.15, -0.1) is 0 Å². The van der Waals surface area contributed by atoms with E-state index in [1.807, 2.05) is 0 Å². The van der Waals surface area contributed by atoms with Crippen LogP contribution in [0.2, 0.25) is 0 Å². The maximum atomic E-state index is 0.